The minimum Gasteiger partial charge on any atom is -0.388 e. The molecule has 1 aliphatic heterocycles. The molecule has 1 aliphatic rings. The van der Waals surface area contributed by atoms with Crippen molar-refractivity contribution in [3.63, 3.8) is 0 Å². The van der Waals surface area contributed by atoms with Gasteiger partial charge in [-0.2, -0.15) is 11.8 Å². The molecule has 2 atom stereocenters. The Kier molecular flexibility index (Phi) is 3.27. The minimum absolute atomic E-state index is 0.328. The molecule has 1 saturated heterocycles. The maximum absolute atomic E-state index is 10.4. The SMILES string of the molecule is Cc1ccc2cc(C(O)C3CCSC3)ccc2n1. The van der Waals surface area contributed by atoms with Crippen LogP contribution in [0.1, 0.15) is 23.8 Å². The number of rotatable bonds is 2. The maximum Gasteiger partial charge on any atom is 0.0826 e. The van der Waals surface area contributed by atoms with Crippen molar-refractivity contribution in [2.75, 3.05) is 11.5 Å². The van der Waals surface area contributed by atoms with Crippen LogP contribution < -0.4 is 0 Å². The van der Waals surface area contributed by atoms with Gasteiger partial charge in [0.05, 0.1) is 11.6 Å². The Hall–Kier alpha value is -1.06. The van der Waals surface area contributed by atoms with Crippen LogP contribution in [0.2, 0.25) is 0 Å². The molecular formula is C15H17NOS. The van der Waals surface area contributed by atoms with E-state index in [2.05, 4.69) is 17.1 Å². The predicted octanol–water partition coefficient (Wildman–Crippen LogP) is 3.33. The van der Waals surface area contributed by atoms with Gasteiger partial charge in [0.15, 0.2) is 0 Å². The molecule has 18 heavy (non-hydrogen) atoms. The second-order valence-electron chi connectivity index (χ2n) is 4.97. The molecule has 3 heteroatoms. The van der Waals surface area contributed by atoms with Gasteiger partial charge in [-0.3, -0.25) is 4.98 Å². The third kappa shape index (κ3) is 2.25. The number of thioether (sulfide) groups is 1. The average molecular weight is 259 g/mol. The highest BCUT2D eigenvalue weighted by atomic mass is 32.2. The molecule has 0 amide bonds. The fourth-order valence-electron chi connectivity index (χ4n) is 2.50. The lowest BCUT2D eigenvalue weighted by Crippen LogP contribution is -2.11. The lowest BCUT2D eigenvalue weighted by atomic mass is 9.94. The Morgan fingerprint density at radius 1 is 1.33 bits per heavy atom. The molecule has 1 fully saturated rings. The zero-order valence-corrected chi connectivity index (χ0v) is 11.3. The van der Waals surface area contributed by atoms with Crippen LogP contribution in [0.5, 0.6) is 0 Å². The summed E-state index contributed by atoms with van der Waals surface area (Å²) in [5, 5.41) is 11.5. The van der Waals surface area contributed by atoms with Crippen LogP contribution in [0.4, 0.5) is 0 Å². The van der Waals surface area contributed by atoms with Crippen molar-refractivity contribution < 1.29 is 5.11 Å². The highest BCUT2D eigenvalue weighted by Gasteiger charge is 2.24. The van der Waals surface area contributed by atoms with Crippen molar-refractivity contribution in [3.8, 4) is 0 Å². The molecule has 1 N–H and O–H groups in total. The van der Waals surface area contributed by atoms with E-state index in [1.165, 1.54) is 5.75 Å². The van der Waals surface area contributed by atoms with E-state index >= 15 is 0 Å². The highest BCUT2D eigenvalue weighted by Crippen LogP contribution is 2.34. The molecule has 0 spiro atoms. The first-order chi connectivity index (χ1) is 8.74. The van der Waals surface area contributed by atoms with Crippen LogP contribution in [0, 0.1) is 12.8 Å². The summed E-state index contributed by atoms with van der Waals surface area (Å²) in [4.78, 5) is 4.49. The maximum atomic E-state index is 10.4. The number of aryl methyl sites for hydroxylation is 1. The summed E-state index contributed by atoms with van der Waals surface area (Å²) in [5.41, 5.74) is 3.07. The summed E-state index contributed by atoms with van der Waals surface area (Å²) in [6.07, 6.45) is 0.793. The van der Waals surface area contributed by atoms with Gasteiger partial charge in [-0.05, 0) is 54.5 Å². The van der Waals surface area contributed by atoms with E-state index < -0.39 is 0 Å². The van der Waals surface area contributed by atoms with Crippen LogP contribution in [-0.2, 0) is 0 Å². The van der Waals surface area contributed by atoms with Gasteiger partial charge in [-0.15, -0.1) is 0 Å². The van der Waals surface area contributed by atoms with Crippen molar-refractivity contribution >= 4 is 22.7 Å². The Balaban J connectivity index is 1.94. The van der Waals surface area contributed by atoms with Gasteiger partial charge < -0.3 is 5.11 Å². The summed E-state index contributed by atoms with van der Waals surface area (Å²) in [5.74, 6) is 2.66. The molecule has 0 aliphatic carbocycles. The van der Waals surface area contributed by atoms with Gasteiger partial charge in [0, 0.05) is 11.1 Å². The topological polar surface area (TPSA) is 33.1 Å². The molecule has 2 heterocycles. The summed E-state index contributed by atoms with van der Waals surface area (Å²) in [6, 6.07) is 10.2. The van der Waals surface area contributed by atoms with Gasteiger partial charge in [-0.25, -0.2) is 0 Å². The second kappa shape index (κ2) is 4.90. The van der Waals surface area contributed by atoms with Crippen LogP contribution >= 0.6 is 11.8 Å². The number of benzene rings is 1. The molecule has 94 valence electrons. The zero-order valence-electron chi connectivity index (χ0n) is 10.5. The first kappa shape index (κ1) is 12.0. The lowest BCUT2D eigenvalue weighted by Gasteiger charge is -2.17. The third-order valence-electron chi connectivity index (χ3n) is 3.61. The van der Waals surface area contributed by atoms with E-state index in [-0.39, 0.29) is 6.10 Å². The molecule has 0 radical (unpaired) electrons. The Bertz CT molecular complexity index is 563. The van der Waals surface area contributed by atoms with E-state index in [9.17, 15) is 5.11 Å². The lowest BCUT2D eigenvalue weighted by molar-refractivity contribution is 0.121. The van der Waals surface area contributed by atoms with Crippen molar-refractivity contribution in [2.24, 2.45) is 5.92 Å². The molecule has 0 saturated carbocycles. The zero-order chi connectivity index (χ0) is 12.5. The number of nitrogens with zero attached hydrogens (tertiary/aromatic N) is 1. The molecule has 1 aromatic heterocycles. The summed E-state index contributed by atoms with van der Waals surface area (Å²) in [7, 11) is 0. The van der Waals surface area contributed by atoms with E-state index in [1.54, 1.807) is 0 Å². The quantitative estimate of drug-likeness (QED) is 0.898. The Morgan fingerprint density at radius 2 is 2.22 bits per heavy atom. The van der Waals surface area contributed by atoms with Crippen LogP contribution in [0.25, 0.3) is 10.9 Å². The summed E-state index contributed by atoms with van der Waals surface area (Å²) in [6.45, 7) is 2.00. The molecule has 1 aromatic carbocycles. The monoisotopic (exact) mass is 259 g/mol. The van der Waals surface area contributed by atoms with E-state index in [0.717, 1.165) is 34.3 Å². The average Bonchev–Trinajstić information content (AvgIpc) is 2.91. The van der Waals surface area contributed by atoms with Crippen LogP contribution in [0.15, 0.2) is 30.3 Å². The second-order valence-corrected chi connectivity index (χ2v) is 6.12. The fraction of sp³-hybridized carbons (Fsp3) is 0.400. The van der Waals surface area contributed by atoms with Gasteiger partial charge in [0.1, 0.15) is 0 Å². The number of hydrogen-bond donors (Lipinski definition) is 1. The molecule has 2 unspecified atom stereocenters. The predicted molar refractivity (Wildman–Crippen MR) is 76.9 cm³/mol. The molecule has 0 bridgehead atoms. The van der Waals surface area contributed by atoms with E-state index in [0.29, 0.717) is 5.92 Å². The molecule has 3 rings (SSSR count). The molecule has 2 nitrogen and oxygen atoms in total. The number of hydrogen-bond acceptors (Lipinski definition) is 3. The number of aliphatic hydroxyl groups is 1. The fourth-order valence-corrected chi connectivity index (χ4v) is 3.79. The van der Waals surface area contributed by atoms with Crippen molar-refractivity contribution in [3.05, 3.63) is 41.6 Å². The van der Waals surface area contributed by atoms with Crippen molar-refractivity contribution in [1.82, 2.24) is 4.98 Å². The standard InChI is InChI=1S/C15H17NOS/c1-10-2-3-11-8-12(4-5-14(11)16-10)15(17)13-6-7-18-9-13/h2-5,8,13,15,17H,6-7,9H2,1H3. The summed E-state index contributed by atoms with van der Waals surface area (Å²) >= 11 is 1.94. The third-order valence-corrected chi connectivity index (χ3v) is 4.79. The van der Waals surface area contributed by atoms with Crippen molar-refractivity contribution in [2.45, 2.75) is 19.4 Å². The van der Waals surface area contributed by atoms with Gasteiger partial charge in [0.2, 0.25) is 0 Å². The first-order valence-electron chi connectivity index (χ1n) is 6.37. The van der Waals surface area contributed by atoms with Crippen molar-refractivity contribution in [1.29, 1.82) is 0 Å². The number of pyridine rings is 1. The smallest absolute Gasteiger partial charge is 0.0826 e. The number of aromatic nitrogens is 1. The minimum atomic E-state index is -0.328. The molecule has 2 aromatic rings. The van der Waals surface area contributed by atoms with Crippen LogP contribution in [0.3, 0.4) is 0 Å². The number of aliphatic hydroxyl groups excluding tert-OH is 1. The first-order valence-corrected chi connectivity index (χ1v) is 7.52. The largest absolute Gasteiger partial charge is 0.388 e. The van der Waals surface area contributed by atoms with Crippen LogP contribution in [-0.4, -0.2) is 21.6 Å². The van der Waals surface area contributed by atoms with Gasteiger partial charge in [0.25, 0.3) is 0 Å². The van der Waals surface area contributed by atoms with E-state index in [1.807, 2.05) is 36.9 Å². The highest BCUT2D eigenvalue weighted by molar-refractivity contribution is 7.99. The number of fused-ring (bicyclic) bond motifs is 1. The Morgan fingerprint density at radius 3 is 3.00 bits per heavy atom. The van der Waals surface area contributed by atoms with E-state index in [4.69, 9.17) is 0 Å². The van der Waals surface area contributed by atoms with Gasteiger partial charge in [-0.1, -0.05) is 12.1 Å². The molecular weight excluding hydrogens is 242 g/mol. The summed E-state index contributed by atoms with van der Waals surface area (Å²) < 4.78 is 0. The normalized spacial score (nSPS) is 21.3. The Labute approximate surface area is 111 Å². The van der Waals surface area contributed by atoms with Gasteiger partial charge >= 0.3 is 0 Å².